The lowest BCUT2D eigenvalue weighted by molar-refractivity contribution is 0.118. The molecular formula is C19H36N2S. The second-order valence-electron chi connectivity index (χ2n) is 7.84. The Hall–Kier alpha value is -0.0200. The number of hydrogen-bond donors (Lipinski definition) is 1. The summed E-state index contributed by atoms with van der Waals surface area (Å²) in [4.78, 5) is 4.74. The molecule has 0 heterocycles. The molecule has 4 unspecified atom stereocenters. The van der Waals surface area contributed by atoms with E-state index in [1.165, 1.54) is 44.3 Å². The van der Waals surface area contributed by atoms with Gasteiger partial charge in [0.1, 0.15) is 0 Å². The highest BCUT2D eigenvalue weighted by molar-refractivity contribution is 8.00. The lowest BCUT2D eigenvalue weighted by Gasteiger charge is -2.42. The van der Waals surface area contributed by atoms with E-state index in [0.29, 0.717) is 11.3 Å². The van der Waals surface area contributed by atoms with Crippen molar-refractivity contribution in [2.45, 2.75) is 83.6 Å². The van der Waals surface area contributed by atoms with Gasteiger partial charge >= 0.3 is 0 Å². The van der Waals surface area contributed by atoms with Gasteiger partial charge in [-0.05, 0) is 75.9 Å². The molecule has 2 rings (SSSR count). The Morgan fingerprint density at radius 3 is 2.45 bits per heavy atom. The van der Waals surface area contributed by atoms with E-state index in [9.17, 15) is 0 Å². The summed E-state index contributed by atoms with van der Waals surface area (Å²) in [5.74, 6) is 4.19. The van der Waals surface area contributed by atoms with E-state index in [1.54, 1.807) is 0 Å². The van der Waals surface area contributed by atoms with Crippen LogP contribution in [0.1, 0.15) is 66.2 Å². The van der Waals surface area contributed by atoms with Crippen LogP contribution >= 0.6 is 11.8 Å². The van der Waals surface area contributed by atoms with Crippen molar-refractivity contribution in [3.63, 3.8) is 0 Å². The van der Waals surface area contributed by atoms with E-state index in [1.807, 2.05) is 11.8 Å². The normalized spacial score (nSPS) is 34.7. The van der Waals surface area contributed by atoms with Crippen molar-refractivity contribution in [2.75, 3.05) is 12.3 Å². The van der Waals surface area contributed by atoms with Crippen LogP contribution in [0.2, 0.25) is 0 Å². The topological polar surface area (TPSA) is 24.4 Å². The molecule has 0 spiro atoms. The first-order chi connectivity index (χ1) is 10.6. The molecule has 0 saturated heterocycles. The summed E-state index contributed by atoms with van der Waals surface area (Å²) in [7, 11) is 0. The van der Waals surface area contributed by atoms with Gasteiger partial charge in [-0.25, -0.2) is 0 Å². The second-order valence-corrected chi connectivity index (χ2v) is 9.33. The molecule has 0 amide bonds. The molecule has 4 atom stereocenters. The van der Waals surface area contributed by atoms with Gasteiger partial charge in [0.15, 0.2) is 0 Å². The maximum Gasteiger partial charge on any atom is 0.0592 e. The molecule has 2 aliphatic rings. The molecule has 0 aromatic carbocycles. The Labute approximate surface area is 142 Å². The predicted molar refractivity (Wildman–Crippen MR) is 101 cm³/mol. The predicted octanol–water partition coefficient (Wildman–Crippen LogP) is 4.78. The van der Waals surface area contributed by atoms with Gasteiger partial charge in [0.2, 0.25) is 0 Å². The standard InChI is InChI=1S/C19H36N2S/c1-5-6-22-16(4)13-20-15(3)12-21-19-10-17-7-14(2)8-18(9-17)11-19/h13-19,21H,5-12H2,1-4H3. The molecule has 0 aliphatic heterocycles. The number of nitrogens with one attached hydrogen (secondary N) is 1. The van der Waals surface area contributed by atoms with Crippen molar-refractivity contribution in [3.8, 4) is 0 Å². The lowest BCUT2D eigenvalue weighted by atomic mass is 9.67. The van der Waals surface area contributed by atoms with Gasteiger partial charge in [-0.15, -0.1) is 0 Å². The second kappa shape index (κ2) is 9.32. The Bertz CT molecular complexity index is 326. The molecule has 0 radical (unpaired) electrons. The van der Waals surface area contributed by atoms with Crippen molar-refractivity contribution in [3.05, 3.63) is 0 Å². The molecule has 3 heteroatoms. The fourth-order valence-electron chi connectivity index (χ4n) is 4.36. The molecule has 2 bridgehead atoms. The first kappa shape index (κ1) is 18.3. The third-order valence-electron chi connectivity index (χ3n) is 5.21. The molecule has 128 valence electrons. The van der Waals surface area contributed by atoms with Gasteiger partial charge in [0.05, 0.1) is 6.04 Å². The Morgan fingerprint density at radius 1 is 1.14 bits per heavy atom. The van der Waals surface area contributed by atoms with Crippen LogP contribution in [0, 0.1) is 17.8 Å². The first-order valence-corrected chi connectivity index (χ1v) is 10.5. The summed E-state index contributed by atoms with van der Waals surface area (Å²) < 4.78 is 0. The zero-order valence-corrected chi connectivity index (χ0v) is 15.9. The molecule has 0 aromatic heterocycles. The highest BCUT2D eigenvalue weighted by Gasteiger charge is 2.34. The average Bonchev–Trinajstić information content (AvgIpc) is 2.47. The van der Waals surface area contributed by atoms with Crippen LogP contribution in [0.25, 0.3) is 0 Å². The minimum absolute atomic E-state index is 0.408. The summed E-state index contributed by atoms with van der Waals surface area (Å²) in [6.07, 6.45) is 10.7. The highest BCUT2D eigenvalue weighted by atomic mass is 32.2. The summed E-state index contributed by atoms with van der Waals surface area (Å²) in [6.45, 7) is 10.2. The Morgan fingerprint density at radius 2 is 1.82 bits per heavy atom. The van der Waals surface area contributed by atoms with Gasteiger partial charge in [0, 0.05) is 24.1 Å². The van der Waals surface area contributed by atoms with Crippen molar-refractivity contribution < 1.29 is 0 Å². The fraction of sp³-hybridized carbons (Fsp3) is 0.947. The minimum atomic E-state index is 0.408. The van der Waals surface area contributed by atoms with E-state index in [2.05, 4.69) is 39.2 Å². The van der Waals surface area contributed by atoms with E-state index in [0.717, 1.165) is 30.3 Å². The van der Waals surface area contributed by atoms with E-state index in [-0.39, 0.29) is 0 Å². The smallest absolute Gasteiger partial charge is 0.0592 e. The Balaban J connectivity index is 1.66. The van der Waals surface area contributed by atoms with Crippen molar-refractivity contribution in [1.29, 1.82) is 0 Å². The Kier molecular flexibility index (Phi) is 7.76. The van der Waals surface area contributed by atoms with Gasteiger partial charge in [-0.2, -0.15) is 11.8 Å². The van der Waals surface area contributed by atoms with Crippen LogP contribution in [0.3, 0.4) is 0 Å². The van der Waals surface area contributed by atoms with Crippen molar-refractivity contribution in [2.24, 2.45) is 22.7 Å². The van der Waals surface area contributed by atoms with Crippen LogP contribution in [0.4, 0.5) is 0 Å². The zero-order chi connectivity index (χ0) is 15.9. The van der Waals surface area contributed by atoms with E-state index in [4.69, 9.17) is 4.99 Å². The summed E-state index contributed by atoms with van der Waals surface area (Å²) in [5.41, 5.74) is 0. The van der Waals surface area contributed by atoms with E-state index < -0.39 is 0 Å². The third kappa shape index (κ3) is 6.23. The van der Waals surface area contributed by atoms with Crippen LogP contribution in [0.15, 0.2) is 4.99 Å². The van der Waals surface area contributed by atoms with Crippen molar-refractivity contribution in [1.82, 2.24) is 5.32 Å². The number of nitrogens with zero attached hydrogens (tertiary/aromatic N) is 1. The maximum absolute atomic E-state index is 4.74. The van der Waals surface area contributed by atoms with Gasteiger partial charge in [-0.1, -0.05) is 13.8 Å². The molecular weight excluding hydrogens is 288 g/mol. The van der Waals surface area contributed by atoms with Crippen LogP contribution < -0.4 is 5.32 Å². The summed E-state index contributed by atoms with van der Waals surface area (Å²) in [5, 5.41) is 4.36. The highest BCUT2D eigenvalue weighted by Crippen LogP contribution is 2.42. The van der Waals surface area contributed by atoms with Crippen molar-refractivity contribution >= 4 is 18.0 Å². The number of rotatable bonds is 8. The number of aliphatic imine (C=N–C) groups is 1. The van der Waals surface area contributed by atoms with Gasteiger partial charge < -0.3 is 5.32 Å². The fourth-order valence-corrected chi connectivity index (χ4v) is 5.12. The molecule has 2 nitrogen and oxygen atoms in total. The lowest BCUT2D eigenvalue weighted by Crippen LogP contribution is -2.42. The summed E-state index contributed by atoms with van der Waals surface area (Å²) >= 11 is 2.01. The van der Waals surface area contributed by atoms with Crippen LogP contribution in [-0.4, -0.2) is 35.8 Å². The SMILES string of the molecule is CCCSC(C)C=NC(C)CNC1CC2CC(C)CC(C2)C1. The molecule has 2 fully saturated rings. The molecule has 1 N–H and O–H groups in total. The maximum atomic E-state index is 4.74. The van der Waals surface area contributed by atoms with Gasteiger partial charge in [-0.3, -0.25) is 4.99 Å². The number of fused-ring (bicyclic) bond motifs is 2. The number of hydrogen-bond acceptors (Lipinski definition) is 3. The third-order valence-corrected chi connectivity index (χ3v) is 6.50. The largest absolute Gasteiger partial charge is 0.312 e. The quantitative estimate of drug-likeness (QED) is 0.650. The van der Waals surface area contributed by atoms with E-state index >= 15 is 0 Å². The van der Waals surface area contributed by atoms with Crippen LogP contribution in [-0.2, 0) is 0 Å². The average molecular weight is 325 g/mol. The molecule has 22 heavy (non-hydrogen) atoms. The van der Waals surface area contributed by atoms with Gasteiger partial charge in [0.25, 0.3) is 0 Å². The summed E-state index contributed by atoms with van der Waals surface area (Å²) in [6, 6.07) is 1.16. The molecule has 0 aromatic rings. The molecule has 2 saturated carbocycles. The first-order valence-electron chi connectivity index (χ1n) is 9.45. The zero-order valence-electron chi connectivity index (χ0n) is 15.1. The number of thioether (sulfide) groups is 1. The monoisotopic (exact) mass is 324 g/mol. The van der Waals surface area contributed by atoms with Crippen LogP contribution in [0.5, 0.6) is 0 Å². The molecule has 2 aliphatic carbocycles. The minimum Gasteiger partial charge on any atom is -0.312 e.